The van der Waals surface area contributed by atoms with Crippen LogP contribution in [-0.2, 0) is 16.1 Å². The lowest BCUT2D eigenvalue weighted by Gasteiger charge is -2.07. The van der Waals surface area contributed by atoms with E-state index in [-0.39, 0.29) is 12.1 Å². The molecule has 0 amide bonds. The molecule has 0 N–H and O–H groups in total. The van der Waals surface area contributed by atoms with E-state index >= 15 is 0 Å². The summed E-state index contributed by atoms with van der Waals surface area (Å²) >= 11 is 0. The lowest BCUT2D eigenvalue weighted by Crippen LogP contribution is -2.12. The van der Waals surface area contributed by atoms with Crippen LogP contribution >= 0.6 is 0 Å². The van der Waals surface area contributed by atoms with Gasteiger partial charge in [0.25, 0.3) is 0 Å². The van der Waals surface area contributed by atoms with Gasteiger partial charge in [-0.2, -0.15) is 0 Å². The second-order valence-electron chi connectivity index (χ2n) is 3.31. The monoisotopic (exact) mass is 197 g/mol. The van der Waals surface area contributed by atoms with Crippen molar-refractivity contribution in [2.45, 2.75) is 39.3 Å². The highest BCUT2D eigenvalue weighted by atomic mass is 16.5. The van der Waals surface area contributed by atoms with E-state index in [1.807, 2.05) is 13.8 Å². The van der Waals surface area contributed by atoms with Crippen LogP contribution in [-0.4, -0.2) is 27.1 Å². The van der Waals surface area contributed by atoms with Crippen LogP contribution in [0.5, 0.6) is 0 Å². The fourth-order valence-electron chi connectivity index (χ4n) is 1.06. The molecule has 0 bridgehead atoms. The average Bonchev–Trinajstić information content (AvgIpc) is 2.55. The summed E-state index contributed by atoms with van der Waals surface area (Å²) in [4.78, 5) is 11.1. The number of ether oxygens (including phenoxy) is 1. The number of rotatable bonds is 5. The molecule has 1 aromatic rings. The van der Waals surface area contributed by atoms with Gasteiger partial charge >= 0.3 is 5.97 Å². The molecule has 0 unspecified atom stereocenters. The van der Waals surface area contributed by atoms with Gasteiger partial charge in [-0.25, -0.2) is 0 Å². The molecule has 0 aliphatic rings. The van der Waals surface area contributed by atoms with Crippen molar-refractivity contribution in [3.63, 3.8) is 0 Å². The summed E-state index contributed by atoms with van der Waals surface area (Å²) in [6.07, 6.45) is 4.52. The molecule has 0 fully saturated rings. The molecule has 0 spiro atoms. The van der Waals surface area contributed by atoms with E-state index in [1.165, 1.54) is 0 Å². The van der Waals surface area contributed by atoms with Crippen LogP contribution in [0.4, 0.5) is 0 Å². The Labute approximate surface area is 83.1 Å². The number of esters is 1. The summed E-state index contributed by atoms with van der Waals surface area (Å²) < 4.78 is 6.68. The topological polar surface area (TPSA) is 57.0 Å². The van der Waals surface area contributed by atoms with Gasteiger partial charge in [0.15, 0.2) is 0 Å². The van der Waals surface area contributed by atoms with Gasteiger partial charge in [0, 0.05) is 19.2 Å². The van der Waals surface area contributed by atoms with Crippen LogP contribution < -0.4 is 0 Å². The quantitative estimate of drug-likeness (QED) is 0.661. The largest absolute Gasteiger partial charge is 0.463 e. The molecule has 14 heavy (non-hydrogen) atoms. The normalized spacial score (nSPS) is 10.5. The lowest BCUT2D eigenvalue weighted by molar-refractivity contribution is -0.147. The first-order valence-electron chi connectivity index (χ1n) is 4.72. The van der Waals surface area contributed by atoms with Crippen molar-refractivity contribution in [2.24, 2.45) is 0 Å². The second-order valence-corrected chi connectivity index (χ2v) is 3.31. The number of hydrogen-bond acceptors (Lipinski definition) is 4. The molecule has 0 aliphatic carbocycles. The summed E-state index contributed by atoms with van der Waals surface area (Å²) in [5.41, 5.74) is 0. The van der Waals surface area contributed by atoms with Crippen LogP contribution in [0, 0.1) is 0 Å². The van der Waals surface area contributed by atoms with Gasteiger partial charge in [-0.1, -0.05) is 5.21 Å². The molecule has 0 atom stereocenters. The third-order valence-electron chi connectivity index (χ3n) is 1.61. The van der Waals surface area contributed by atoms with Crippen molar-refractivity contribution in [1.29, 1.82) is 0 Å². The van der Waals surface area contributed by atoms with Gasteiger partial charge in [0.2, 0.25) is 0 Å². The molecule has 0 saturated carbocycles. The highest BCUT2D eigenvalue weighted by Gasteiger charge is 2.04. The Balaban J connectivity index is 2.12. The smallest absolute Gasteiger partial charge is 0.306 e. The molecule has 1 heterocycles. The lowest BCUT2D eigenvalue weighted by atomic mass is 10.3. The zero-order chi connectivity index (χ0) is 10.4. The predicted molar refractivity (Wildman–Crippen MR) is 50.5 cm³/mol. The van der Waals surface area contributed by atoms with Crippen molar-refractivity contribution < 1.29 is 9.53 Å². The summed E-state index contributed by atoms with van der Waals surface area (Å²) in [5, 5.41) is 7.45. The van der Waals surface area contributed by atoms with E-state index in [2.05, 4.69) is 10.3 Å². The van der Waals surface area contributed by atoms with E-state index in [9.17, 15) is 4.79 Å². The maximum atomic E-state index is 11.1. The van der Waals surface area contributed by atoms with E-state index < -0.39 is 0 Å². The van der Waals surface area contributed by atoms with Gasteiger partial charge in [-0.15, -0.1) is 5.10 Å². The first-order valence-corrected chi connectivity index (χ1v) is 4.72. The number of aryl methyl sites for hydroxylation is 1. The Kier molecular flexibility index (Phi) is 4.10. The summed E-state index contributed by atoms with van der Waals surface area (Å²) in [6.45, 7) is 4.39. The second kappa shape index (κ2) is 5.36. The molecule has 0 aromatic carbocycles. The van der Waals surface area contributed by atoms with Crippen molar-refractivity contribution in [2.75, 3.05) is 0 Å². The fraction of sp³-hybridized carbons (Fsp3) is 0.667. The van der Waals surface area contributed by atoms with Gasteiger partial charge in [0.05, 0.1) is 12.3 Å². The summed E-state index contributed by atoms with van der Waals surface area (Å²) in [6, 6.07) is 0. The number of nitrogens with zero attached hydrogens (tertiary/aromatic N) is 3. The molecule has 5 nitrogen and oxygen atoms in total. The third kappa shape index (κ3) is 4.02. The van der Waals surface area contributed by atoms with Gasteiger partial charge in [0.1, 0.15) is 0 Å². The SMILES string of the molecule is CC(C)OC(=O)CCCn1ccnn1. The van der Waals surface area contributed by atoms with Crippen molar-refractivity contribution in [3.05, 3.63) is 12.4 Å². The standard InChI is InChI=1S/C9H15N3O2/c1-8(2)14-9(13)4-3-6-12-7-5-10-11-12/h5,7-8H,3-4,6H2,1-2H3. The average molecular weight is 197 g/mol. The van der Waals surface area contributed by atoms with E-state index in [0.29, 0.717) is 13.0 Å². The van der Waals surface area contributed by atoms with E-state index in [4.69, 9.17) is 4.74 Å². The zero-order valence-corrected chi connectivity index (χ0v) is 8.51. The fourth-order valence-corrected chi connectivity index (χ4v) is 1.06. The highest BCUT2D eigenvalue weighted by Crippen LogP contribution is 1.98. The predicted octanol–water partition coefficient (Wildman–Crippen LogP) is 1.01. The molecule has 5 heteroatoms. The first kappa shape index (κ1) is 10.7. The zero-order valence-electron chi connectivity index (χ0n) is 8.51. The Morgan fingerprint density at radius 3 is 2.93 bits per heavy atom. The van der Waals surface area contributed by atoms with Crippen molar-refractivity contribution >= 4 is 5.97 Å². The number of hydrogen-bond donors (Lipinski definition) is 0. The maximum absolute atomic E-state index is 11.1. The van der Waals surface area contributed by atoms with Crippen molar-refractivity contribution in [1.82, 2.24) is 15.0 Å². The minimum Gasteiger partial charge on any atom is -0.463 e. The van der Waals surface area contributed by atoms with Crippen LogP contribution in [0.25, 0.3) is 0 Å². The molecular formula is C9H15N3O2. The Bertz CT molecular complexity index is 270. The van der Waals surface area contributed by atoms with Crippen molar-refractivity contribution in [3.8, 4) is 0 Å². The van der Waals surface area contributed by atoms with Crippen LogP contribution in [0.2, 0.25) is 0 Å². The Morgan fingerprint density at radius 1 is 1.57 bits per heavy atom. The van der Waals surface area contributed by atoms with E-state index in [1.54, 1.807) is 17.1 Å². The molecule has 1 aromatic heterocycles. The minimum absolute atomic E-state index is 0.0335. The Hall–Kier alpha value is -1.39. The van der Waals surface area contributed by atoms with Crippen LogP contribution in [0.1, 0.15) is 26.7 Å². The molecule has 0 saturated heterocycles. The molecular weight excluding hydrogens is 182 g/mol. The minimum atomic E-state index is -0.153. The molecule has 78 valence electrons. The van der Waals surface area contributed by atoms with E-state index in [0.717, 1.165) is 6.42 Å². The van der Waals surface area contributed by atoms with Gasteiger partial charge in [-0.3, -0.25) is 9.48 Å². The molecule has 1 rings (SSSR count). The molecule has 0 radical (unpaired) electrons. The first-order chi connectivity index (χ1) is 6.68. The molecule has 0 aliphatic heterocycles. The van der Waals surface area contributed by atoms with Gasteiger partial charge in [-0.05, 0) is 20.3 Å². The Morgan fingerprint density at radius 2 is 2.36 bits per heavy atom. The number of carbonyl (C=O) groups is 1. The number of carbonyl (C=O) groups excluding carboxylic acids is 1. The highest BCUT2D eigenvalue weighted by molar-refractivity contribution is 5.69. The number of aromatic nitrogens is 3. The third-order valence-corrected chi connectivity index (χ3v) is 1.61. The maximum Gasteiger partial charge on any atom is 0.306 e. The van der Waals surface area contributed by atoms with Crippen LogP contribution in [0.3, 0.4) is 0 Å². The van der Waals surface area contributed by atoms with Gasteiger partial charge < -0.3 is 4.74 Å². The summed E-state index contributed by atoms with van der Waals surface area (Å²) in [5.74, 6) is -0.153. The summed E-state index contributed by atoms with van der Waals surface area (Å²) in [7, 11) is 0. The van der Waals surface area contributed by atoms with Crippen LogP contribution in [0.15, 0.2) is 12.4 Å².